The predicted molar refractivity (Wildman–Crippen MR) is 62.1 cm³/mol. The predicted octanol–water partition coefficient (Wildman–Crippen LogP) is 2.35. The van der Waals surface area contributed by atoms with Crippen LogP contribution >= 0.6 is 11.6 Å². The molecule has 1 rings (SSSR count). The van der Waals surface area contributed by atoms with Crippen molar-refractivity contribution in [2.45, 2.75) is 19.4 Å². The maximum Gasteiger partial charge on any atom is 0.132 e. The maximum absolute atomic E-state index is 8.80. The molecular weight excluding hydrogens is 224 g/mol. The van der Waals surface area contributed by atoms with Crippen molar-refractivity contribution >= 4 is 17.4 Å². The molecule has 0 bridgehead atoms. The zero-order valence-corrected chi connectivity index (χ0v) is 9.86. The SMILES string of the molecule is CC(CC#N)N(C)c1cc(C#N)cc(Cl)n1. The highest BCUT2D eigenvalue weighted by atomic mass is 35.5. The van der Waals surface area contributed by atoms with E-state index in [2.05, 4.69) is 11.1 Å². The standard InChI is InChI=1S/C11H11ClN4/c1-8(3-4-13)16(2)11-6-9(7-14)5-10(12)15-11/h5-6,8H,3H2,1-2H3. The Hall–Kier alpha value is -1.78. The summed E-state index contributed by atoms with van der Waals surface area (Å²) < 4.78 is 0. The van der Waals surface area contributed by atoms with E-state index in [1.54, 1.807) is 6.07 Å². The first-order valence-electron chi connectivity index (χ1n) is 4.76. The van der Waals surface area contributed by atoms with Crippen LogP contribution in [0.25, 0.3) is 0 Å². The Morgan fingerprint density at radius 1 is 1.50 bits per heavy atom. The first-order chi connectivity index (χ1) is 7.58. The normalized spacial score (nSPS) is 11.3. The van der Waals surface area contributed by atoms with E-state index >= 15 is 0 Å². The molecule has 0 amide bonds. The van der Waals surface area contributed by atoms with E-state index in [1.807, 2.05) is 24.9 Å². The molecular formula is C11H11ClN4. The van der Waals surface area contributed by atoms with E-state index in [1.165, 1.54) is 6.07 Å². The fraction of sp³-hybridized carbons (Fsp3) is 0.364. The van der Waals surface area contributed by atoms with Crippen LogP contribution in [0.15, 0.2) is 12.1 Å². The Morgan fingerprint density at radius 3 is 2.75 bits per heavy atom. The van der Waals surface area contributed by atoms with Crippen LogP contribution in [-0.2, 0) is 0 Å². The van der Waals surface area contributed by atoms with Crippen molar-refractivity contribution in [1.82, 2.24) is 4.98 Å². The van der Waals surface area contributed by atoms with Gasteiger partial charge in [0.1, 0.15) is 11.0 Å². The second-order valence-corrected chi connectivity index (χ2v) is 3.86. The summed E-state index contributed by atoms with van der Waals surface area (Å²) in [5.41, 5.74) is 0.464. The number of rotatable bonds is 3. The second-order valence-electron chi connectivity index (χ2n) is 3.47. The molecule has 5 heteroatoms. The van der Waals surface area contributed by atoms with Crippen LogP contribution in [-0.4, -0.2) is 18.1 Å². The van der Waals surface area contributed by atoms with Gasteiger partial charge in [-0.05, 0) is 19.1 Å². The molecule has 0 N–H and O–H groups in total. The van der Waals surface area contributed by atoms with Gasteiger partial charge in [-0.15, -0.1) is 0 Å². The maximum atomic E-state index is 8.80. The van der Waals surface area contributed by atoms with Gasteiger partial charge in [0.15, 0.2) is 0 Å². The Morgan fingerprint density at radius 2 is 2.19 bits per heavy atom. The Labute approximate surface area is 99.7 Å². The molecule has 16 heavy (non-hydrogen) atoms. The molecule has 0 saturated heterocycles. The van der Waals surface area contributed by atoms with E-state index in [0.29, 0.717) is 17.8 Å². The largest absolute Gasteiger partial charge is 0.356 e. The third kappa shape index (κ3) is 2.85. The average Bonchev–Trinajstić information content (AvgIpc) is 2.27. The van der Waals surface area contributed by atoms with Gasteiger partial charge in [-0.2, -0.15) is 10.5 Å². The molecule has 1 aromatic heterocycles. The van der Waals surface area contributed by atoms with Crippen LogP contribution in [0.4, 0.5) is 5.82 Å². The number of nitrogens with zero attached hydrogens (tertiary/aromatic N) is 4. The summed E-state index contributed by atoms with van der Waals surface area (Å²) in [6.07, 6.45) is 0.395. The third-order valence-corrected chi connectivity index (χ3v) is 2.51. The number of nitriles is 2. The number of halogens is 1. The molecule has 0 aromatic carbocycles. The minimum atomic E-state index is 0.0301. The summed E-state index contributed by atoms with van der Waals surface area (Å²) in [5, 5.41) is 17.7. The van der Waals surface area contributed by atoms with Crippen LogP contribution in [0, 0.1) is 22.7 Å². The summed E-state index contributed by atoms with van der Waals surface area (Å²) in [4.78, 5) is 5.95. The zero-order chi connectivity index (χ0) is 12.1. The summed E-state index contributed by atoms with van der Waals surface area (Å²) in [6.45, 7) is 1.91. The Balaban J connectivity index is 3.00. The van der Waals surface area contributed by atoms with Gasteiger partial charge in [-0.3, -0.25) is 0 Å². The lowest BCUT2D eigenvalue weighted by Crippen LogP contribution is -2.29. The van der Waals surface area contributed by atoms with Crippen LogP contribution < -0.4 is 4.90 Å². The summed E-state index contributed by atoms with van der Waals surface area (Å²) in [6, 6.07) is 7.30. The van der Waals surface area contributed by atoms with Gasteiger partial charge in [-0.25, -0.2) is 4.98 Å². The summed E-state index contributed by atoms with van der Waals surface area (Å²) in [5.74, 6) is 0.604. The monoisotopic (exact) mass is 234 g/mol. The lowest BCUT2D eigenvalue weighted by molar-refractivity contribution is 0.694. The van der Waals surface area contributed by atoms with Gasteiger partial charge in [0.2, 0.25) is 0 Å². The van der Waals surface area contributed by atoms with Crippen molar-refractivity contribution < 1.29 is 0 Å². The van der Waals surface area contributed by atoms with Crippen molar-refractivity contribution in [1.29, 1.82) is 10.5 Å². The fourth-order valence-electron chi connectivity index (χ4n) is 1.22. The molecule has 0 spiro atoms. The third-order valence-electron chi connectivity index (χ3n) is 2.32. The summed E-state index contributed by atoms with van der Waals surface area (Å²) >= 11 is 5.80. The van der Waals surface area contributed by atoms with Crippen LogP contribution in [0.5, 0.6) is 0 Å². The smallest absolute Gasteiger partial charge is 0.132 e. The molecule has 0 aliphatic carbocycles. The van der Waals surface area contributed by atoms with E-state index in [0.717, 1.165) is 0 Å². The highest BCUT2D eigenvalue weighted by Gasteiger charge is 2.12. The van der Waals surface area contributed by atoms with Crippen molar-refractivity contribution in [3.8, 4) is 12.1 Å². The quantitative estimate of drug-likeness (QED) is 0.753. The minimum absolute atomic E-state index is 0.0301. The van der Waals surface area contributed by atoms with E-state index in [9.17, 15) is 0 Å². The highest BCUT2D eigenvalue weighted by Crippen LogP contribution is 2.19. The molecule has 1 atom stereocenters. The lowest BCUT2D eigenvalue weighted by atomic mass is 10.2. The van der Waals surface area contributed by atoms with E-state index in [-0.39, 0.29) is 11.2 Å². The Bertz CT molecular complexity index is 458. The van der Waals surface area contributed by atoms with E-state index < -0.39 is 0 Å². The van der Waals surface area contributed by atoms with Crippen molar-refractivity contribution in [3.05, 3.63) is 22.8 Å². The minimum Gasteiger partial charge on any atom is -0.356 e. The second kappa shape index (κ2) is 5.34. The number of aromatic nitrogens is 1. The van der Waals surface area contributed by atoms with Gasteiger partial charge >= 0.3 is 0 Å². The Kier molecular flexibility index (Phi) is 4.10. The molecule has 1 unspecified atom stereocenters. The molecule has 1 aromatic rings. The van der Waals surface area contributed by atoms with Gasteiger partial charge in [-0.1, -0.05) is 11.6 Å². The first-order valence-corrected chi connectivity index (χ1v) is 5.13. The van der Waals surface area contributed by atoms with Crippen molar-refractivity contribution in [3.63, 3.8) is 0 Å². The van der Waals surface area contributed by atoms with Crippen molar-refractivity contribution in [2.24, 2.45) is 0 Å². The van der Waals surface area contributed by atoms with Crippen molar-refractivity contribution in [2.75, 3.05) is 11.9 Å². The van der Waals surface area contributed by atoms with Gasteiger partial charge in [0, 0.05) is 13.1 Å². The van der Waals surface area contributed by atoms with Gasteiger partial charge < -0.3 is 4.90 Å². The number of anilines is 1. The topological polar surface area (TPSA) is 63.7 Å². The molecule has 82 valence electrons. The average molecular weight is 235 g/mol. The van der Waals surface area contributed by atoms with Gasteiger partial charge in [0.05, 0.1) is 24.1 Å². The fourth-order valence-corrected chi connectivity index (χ4v) is 1.43. The lowest BCUT2D eigenvalue weighted by Gasteiger charge is -2.24. The molecule has 0 aliphatic heterocycles. The number of hydrogen-bond acceptors (Lipinski definition) is 4. The number of pyridine rings is 1. The molecule has 0 radical (unpaired) electrons. The zero-order valence-electron chi connectivity index (χ0n) is 9.11. The number of hydrogen-bond donors (Lipinski definition) is 0. The molecule has 0 aliphatic rings. The van der Waals surface area contributed by atoms with Crippen LogP contribution in [0.1, 0.15) is 18.9 Å². The molecule has 0 fully saturated rings. The van der Waals surface area contributed by atoms with Gasteiger partial charge in [0.25, 0.3) is 0 Å². The van der Waals surface area contributed by atoms with E-state index in [4.69, 9.17) is 22.1 Å². The summed E-state index contributed by atoms with van der Waals surface area (Å²) in [7, 11) is 1.82. The first kappa shape index (κ1) is 12.3. The highest BCUT2D eigenvalue weighted by molar-refractivity contribution is 6.29. The van der Waals surface area contributed by atoms with Crippen LogP contribution in [0.3, 0.4) is 0 Å². The molecule has 0 saturated carbocycles. The van der Waals surface area contributed by atoms with Crippen LogP contribution in [0.2, 0.25) is 5.15 Å². The molecule has 1 heterocycles. The molecule has 4 nitrogen and oxygen atoms in total.